The molecule has 0 unspecified atom stereocenters. The fourth-order valence-electron chi connectivity index (χ4n) is 3.78. The number of benzene rings is 1. The van der Waals surface area contributed by atoms with Gasteiger partial charge in [0, 0.05) is 25.7 Å². The zero-order valence-corrected chi connectivity index (χ0v) is 17.9. The zero-order chi connectivity index (χ0) is 21.6. The SMILES string of the molecule is COc1cccc(CN(C)C(=O)CN2CCC(c3nc(-c4ccccn4)no3)CC2)c1. The summed E-state index contributed by atoms with van der Waals surface area (Å²) in [4.78, 5) is 25.4. The van der Waals surface area contributed by atoms with Crippen molar-refractivity contribution in [2.45, 2.75) is 25.3 Å². The van der Waals surface area contributed by atoms with E-state index in [2.05, 4.69) is 20.0 Å². The molecule has 0 radical (unpaired) electrons. The molecule has 1 aromatic carbocycles. The molecular weight excluding hydrogens is 394 g/mol. The maximum Gasteiger partial charge on any atom is 0.236 e. The number of rotatable bonds is 7. The molecule has 0 N–H and O–H groups in total. The number of likely N-dealkylation sites (tertiary alicyclic amines) is 1. The van der Waals surface area contributed by atoms with Crippen LogP contribution in [-0.2, 0) is 11.3 Å². The van der Waals surface area contributed by atoms with E-state index in [-0.39, 0.29) is 11.8 Å². The van der Waals surface area contributed by atoms with Crippen LogP contribution in [0.25, 0.3) is 11.5 Å². The first-order valence-electron chi connectivity index (χ1n) is 10.5. The number of piperidine rings is 1. The molecule has 2 aromatic heterocycles. The maximum atomic E-state index is 12.7. The Bertz CT molecular complexity index is 999. The Hall–Kier alpha value is -3.26. The summed E-state index contributed by atoms with van der Waals surface area (Å²) in [5.41, 5.74) is 1.76. The van der Waals surface area contributed by atoms with Crippen molar-refractivity contribution in [1.29, 1.82) is 0 Å². The molecule has 1 aliphatic rings. The van der Waals surface area contributed by atoms with E-state index in [0.29, 0.717) is 30.5 Å². The van der Waals surface area contributed by atoms with Crippen LogP contribution in [0.3, 0.4) is 0 Å². The number of methoxy groups -OCH3 is 1. The summed E-state index contributed by atoms with van der Waals surface area (Å²) < 4.78 is 10.8. The normalized spacial score (nSPS) is 15.0. The third kappa shape index (κ3) is 5.27. The minimum Gasteiger partial charge on any atom is -0.497 e. The molecule has 0 bridgehead atoms. The van der Waals surface area contributed by atoms with Crippen LogP contribution in [-0.4, -0.2) is 64.6 Å². The summed E-state index contributed by atoms with van der Waals surface area (Å²) in [6.45, 7) is 2.62. The van der Waals surface area contributed by atoms with E-state index in [9.17, 15) is 4.79 Å². The van der Waals surface area contributed by atoms with Crippen LogP contribution in [0.2, 0.25) is 0 Å². The van der Waals surface area contributed by atoms with E-state index in [1.165, 1.54) is 0 Å². The van der Waals surface area contributed by atoms with E-state index >= 15 is 0 Å². The molecule has 3 aromatic rings. The summed E-state index contributed by atoms with van der Waals surface area (Å²) in [5.74, 6) is 2.30. The molecule has 162 valence electrons. The molecule has 0 spiro atoms. The Labute approximate surface area is 181 Å². The highest BCUT2D eigenvalue weighted by molar-refractivity contribution is 5.78. The molecule has 1 fully saturated rings. The maximum absolute atomic E-state index is 12.7. The lowest BCUT2D eigenvalue weighted by atomic mass is 9.97. The number of likely N-dealkylation sites (N-methyl/N-ethyl adjacent to an activating group) is 1. The highest BCUT2D eigenvalue weighted by Crippen LogP contribution is 2.28. The van der Waals surface area contributed by atoms with Crippen LogP contribution in [0.15, 0.2) is 53.2 Å². The minimum atomic E-state index is 0.108. The number of aromatic nitrogens is 3. The van der Waals surface area contributed by atoms with Gasteiger partial charge in [-0.1, -0.05) is 23.4 Å². The van der Waals surface area contributed by atoms with Crippen LogP contribution in [0.1, 0.15) is 30.2 Å². The molecule has 8 nitrogen and oxygen atoms in total. The molecular formula is C23H27N5O3. The monoisotopic (exact) mass is 421 g/mol. The largest absolute Gasteiger partial charge is 0.497 e. The number of amides is 1. The molecule has 0 atom stereocenters. The van der Waals surface area contributed by atoms with Crippen molar-refractivity contribution in [2.24, 2.45) is 0 Å². The van der Waals surface area contributed by atoms with E-state index in [4.69, 9.17) is 9.26 Å². The van der Waals surface area contributed by atoms with E-state index in [1.807, 2.05) is 49.5 Å². The highest BCUT2D eigenvalue weighted by Gasteiger charge is 2.27. The molecule has 1 amide bonds. The van der Waals surface area contributed by atoms with Gasteiger partial charge in [-0.2, -0.15) is 4.98 Å². The smallest absolute Gasteiger partial charge is 0.236 e. The molecule has 0 aliphatic carbocycles. The molecule has 31 heavy (non-hydrogen) atoms. The van der Waals surface area contributed by atoms with Crippen LogP contribution >= 0.6 is 0 Å². The van der Waals surface area contributed by atoms with Gasteiger partial charge in [0.2, 0.25) is 17.6 Å². The summed E-state index contributed by atoms with van der Waals surface area (Å²) >= 11 is 0. The van der Waals surface area contributed by atoms with Crippen LogP contribution in [0.4, 0.5) is 0 Å². The second-order valence-electron chi connectivity index (χ2n) is 7.82. The Balaban J connectivity index is 1.27. The Morgan fingerprint density at radius 2 is 2.06 bits per heavy atom. The molecule has 0 saturated carbocycles. The fourth-order valence-corrected chi connectivity index (χ4v) is 3.78. The van der Waals surface area contributed by atoms with Gasteiger partial charge in [0.25, 0.3) is 0 Å². The number of nitrogens with zero attached hydrogens (tertiary/aromatic N) is 5. The van der Waals surface area contributed by atoms with Gasteiger partial charge in [0.1, 0.15) is 11.4 Å². The van der Waals surface area contributed by atoms with E-state index < -0.39 is 0 Å². The van der Waals surface area contributed by atoms with Gasteiger partial charge >= 0.3 is 0 Å². The van der Waals surface area contributed by atoms with Gasteiger partial charge in [-0.05, 0) is 55.8 Å². The van der Waals surface area contributed by atoms with Gasteiger partial charge in [-0.15, -0.1) is 0 Å². The van der Waals surface area contributed by atoms with Gasteiger partial charge in [-0.3, -0.25) is 14.7 Å². The number of pyridine rings is 1. The van der Waals surface area contributed by atoms with Crippen LogP contribution < -0.4 is 4.74 Å². The van der Waals surface area contributed by atoms with Gasteiger partial charge in [0.05, 0.1) is 13.7 Å². The summed E-state index contributed by atoms with van der Waals surface area (Å²) in [6.07, 6.45) is 3.49. The Kier molecular flexibility index (Phi) is 6.57. The molecule has 1 aliphatic heterocycles. The minimum absolute atomic E-state index is 0.108. The van der Waals surface area contributed by atoms with E-state index in [0.717, 1.165) is 37.2 Å². The predicted octanol–water partition coefficient (Wildman–Crippen LogP) is 2.98. The van der Waals surface area contributed by atoms with Crippen LogP contribution in [0.5, 0.6) is 5.75 Å². The first kappa shape index (κ1) is 21.0. The van der Waals surface area contributed by atoms with Gasteiger partial charge < -0.3 is 14.2 Å². The van der Waals surface area contributed by atoms with Gasteiger partial charge in [-0.25, -0.2) is 0 Å². The molecule has 4 rings (SSSR count). The Morgan fingerprint density at radius 1 is 1.23 bits per heavy atom. The lowest BCUT2D eigenvalue weighted by Crippen LogP contribution is -2.41. The second-order valence-corrected chi connectivity index (χ2v) is 7.82. The number of carbonyl (C=O) groups is 1. The highest BCUT2D eigenvalue weighted by atomic mass is 16.5. The number of carbonyl (C=O) groups excluding carboxylic acids is 1. The summed E-state index contributed by atoms with van der Waals surface area (Å²) in [5, 5.41) is 4.07. The first-order chi connectivity index (χ1) is 15.1. The third-order valence-electron chi connectivity index (χ3n) is 5.61. The van der Waals surface area contributed by atoms with Crippen molar-refractivity contribution in [3.63, 3.8) is 0 Å². The zero-order valence-electron chi connectivity index (χ0n) is 17.9. The Morgan fingerprint density at radius 3 is 2.81 bits per heavy atom. The second kappa shape index (κ2) is 9.70. The number of hydrogen-bond acceptors (Lipinski definition) is 7. The average molecular weight is 422 g/mol. The van der Waals surface area contributed by atoms with Crippen molar-refractivity contribution < 1.29 is 14.1 Å². The van der Waals surface area contributed by atoms with Crippen LogP contribution in [0, 0.1) is 0 Å². The first-order valence-corrected chi connectivity index (χ1v) is 10.5. The predicted molar refractivity (Wildman–Crippen MR) is 115 cm³/mol. The third-order valence-corrected chi connectivity index (χ3v) is 5.61. The molecule has 8 heteroatoms. The van der Waals surface area contributed by atoms with Crippen molar-refractivity contribution in [1.82, 2.24) is 24.9 Å². The topological polar surface area (TPSA) is 84.6 Å². The van der Waals surface area contributed by atoms with Crippen molar-refractivity contribution >= 4 is 5.91 Å². The lowest BCUT2D eigenvalue weighted by molar-refractivity contribution is -0.131. The average Bonchev–Trinajstić information content (AvgIpc) is 3.30. The fraction of sp³-hybridized carbons (Fsp3) is 0.391. The van der Waals surface area contributed by atoms with Gasteiger partial charge in [0.15, 0.2) is 0 Å². The lowest BCUT2D eigenvalue weighted by Gasteiger charge is -2.31. The molecule has 1 saturated heterocycles. The summed E-state index contributed by atoms with van der Waals surface area (Å²) in [6, 6.07) is 13.4. The van der Waals surface area contributed by atoms with E-state index in [1.54, 1.807) is 18.2 Å². The summed E-state index contributed by atoms with van der Waals surface area (Å²) in [7, 11) is 3.48. The number of ether oxygens (including phenoxy) is 1. The quantitative estimate of drug-likeness (QED) is 0.580. The molecule has 3 heterocycles. The standard InChI is InChI=1S/C23H27N5O3/c1-27(15-17-6-5-7-19(14-17)30-2)21(29)16-28-12-9-18(10-13-28)23-25-22(26-31-23)20-8-3-4-11-24-20/h3-8,11,14,18H,9-10,12-13,15-16H2,1-2H3. The number of hydrogen-bond donors (Lipinski definition) is 0. The van der Waals surface area contributed by atoms with Crippen molar-refractivity contribution in [3.05, 3.63) is 60.1 Å². The van der Waals surface area contributed by atoms with Crippen molar-refractivity contribution in [3.8, 4) is 17.3 Å². The van der Waals surface area contributed by atoms with Crippen molar-refractivity contribution in [2.75, 3.05) is 33.8 Å².